The average Bonchev–Trinajstić information content (AvgIpc) is 1.96. The summed E-state index contributed by atoms with van der Waals surface area (Å²) in [6, 6.07) is 0. The Morgan fingerprint density at radius 2 is 1.80 bits per heavy atom. The average molecular weight is 231 g/mol. The summed E-state index contributed by atoms with van der Waals surface area (Å²) < 4.78 is 4.99. The van der Waals surface area contributed by atoms with Gasteiger partial charge in [0.25, 0.3) is 0 Å². The second kappa shape index (κ2) is 5.90. The van der Waals surface area contributed by atoms with E-state index >= 15 is 0 Å². The van der Waals surface area contributed by atoms with Crippen molar-refractivity contribution >= 4 is 28.7 Å². The molecule has 0 radical (unpaired) electrons. The molecule has 86 valence electrons. The van der Waals surface area contributed by atoms with Crippen molar-refractivity contribution in [1.82, 2.24) is 0 Å². The lowest BCUT2D eigenvalue weighted by molar-refractivity contribution is -0.109. The Bertz CT molecular complexity index is 279. The number of carbonyl (C=O) groups excluding carboxylic acids is 2. The van der Waals surface area contributed by atoms with Crippen LogP contribution in [0.5, 0.6) is 0 Å². The van der Waals surface area contributed by atoms with Crippen molar-refractivity contribution in [2.75, 3.05) is 5.75 Å². The number of aliphatic imine (C=N–C) groups is 1. The van der Waals surface area contributed by atoms with Crippen molar-refractivity contribution in [2.45, 2.75) is 40.2 Å². The first kappa shape index (κ1) is 14.2. The van der Waals surface area contributed by atoms with E-state index in [9.17, 15) is 9.59 Å². The first-order chi connectivity index (χ1) is 6.70. The van der Waals surface area contributed by atoms with Crippen molar-refractivity contribution < 1.29 is 14.3 Å². The molecule has 0 saturated carbocycles. The van der Waals surface area contributed by atoms with Gasteiger partial charge in [-0.05, 0) is 27.7 Å². The molecule has 0 fully saturated rings. The second-order valence-electron chi connectivity index (χ2n) is 4.11. The molecule has 0 spiro atoms. The zero-order valence-electron chi connectivity index (χ0n) is 9.79. The molecule has 1 amide bonds. The first-order valence-electron chi connectivity index (χ1n) is 4.61. The van der Waals surface area contributed by atoms with Crippen LogP contribution in [0, 0.1) is 0 Å². The van der Waals surface area contributed by atoms with Crippen LogP contribution < -0.4 is 0 Å². The lowest BCUT2D eigenvalue weighted by Gasteiger charge is -2.17. The number of amides is 1. The Labute approximate surface area is 94.5 Å². The van der Waals surface area contributed by atoms with E-state index in [1.165, 1.54) is 6.92 Å². The summed E-state index contributed by atoms with van der Waals surface area (Å²) in [5.41, 5.74) is 0.0543. The van der Waals surface area contributed by atoms with E-state index in [0.717, 1.165) is 11.8 Å². The maximum Gasteiger partial charge on any atom is 0.434 e. The van der Waals surface area contributed by atoms with Crippen molar-refractivity contribution in [3.05, 3.63) is 0 Å². The van der Waals surface area contributed by atoms with Gasteiger partial charge in [-0.25, -0.2) is 4.79 Å². The largest absolute Gasteiger partial charge is 0.442 e. The summed E-state index contributed by atoms with van der Waals surface area (Å²) in [6.07, 6.45) is -0.607. The van der Waals surface area contributed by atoms with Gasteiger partial charge in [0.1, 0.15) is 5.60 Å². The summed E-state index contributed by atoms with van der Waals surface area (Å²) in [6.45, 7) is 8.51. The fraction of sp³-hybridized carbons (Fsp3) is 0.700. The summed E-state index contributed by atoms with van der Waals surface area (Å²) >= 11 is 1.12. The summed E-state index contributed by atoms with van der Waals surface area (Å²) in [7, 11) is 0. The van der Waals surface area contributed by atoms with E-state index in [4.69, 9.17) is 4.74 Å². The molecule has 0 aliphatic rings. The van der Waals surface area contributed by atoms with Gasteiger partial charge in [0.2, 0.25) is 0 Å². The van der Waals surface area contributed by atoms with E-state index in [1.807, 2.05) is 0 Å². The number of thioether (sulfide) groups is 1. The highest BCUT2D eigenvalue weighted by Crippen LogP contribution is 2.09. The highest BCUT2D eigenvalue weighted by atomic mass is 32.2. The number of carbonyl (C=O) groups is 2. The van der Waals surface area contributed by atoms with Crippen LogP contribution in [0.4, 0.5) is 4.79 Å². The molecule has 0 saturated heterocycles. The summed E-state index contributed by atoms with van der Waals surface area (Å²) in [4.78, 5) is 25.6. The molecule has 0 aromatic rings. The smallest absolute Gasteiger partial charge is 0.434 e. The fourth-order valence-corrected chi connectivity index (χ4v) is 1.16. The number of nitrogens with zero attached hydrogens (tertiary/aromatic N) is 1. The van der Waals surface area contributed by atoms with Crippen LogP contribution in [0.25, 0.3) is 0 Å². The Morgan fingerprint density at radius 3 is 2.20 bits per heavy atom. The van der Waals surface area contributed by atoms with E-state index < -0.39 is 11.7 Å². The number of hydrogen-bond donors (Lipinski definition) is 0. The topological polar surface area (TPSA) is 55.7 Å². The number of ether oxygens (including phenoxy) is 1. The van der Waals surface area contributed by atoms with Gasteiger partial charge in [-0.3, -0.25) is 4.79 Å². The van der Waals surface area contributed by atoms with Crippen LogP contribution in [0.1, 0.15) is 34.6 Å². The SMILES string of the molecule is CC(=O)SCC(C)=NC(=O)OC(C)(C)C. The summed E-state index contributed by atoms with van der Waals surface area (Å²) in [5, 5.41) is 0.00809. The molecule has 4 nitrogen and oxygen atoms in total. The Hall–Kier alpha value is -0.840. The second-order valence-corrected chi connectivity index (χ2v) is 5.26. The third-order valence-corrected chi connectivity index (χ3v) is 2.13. The van der Waals surface area contributed by atoms with Crippen LogP contribution in [-0.4, -0.2) is 28.3 Å². The van der Waals surface area contributed by atoms with Gasteiger partial charge in [-0.15, -0.1) is 0 Å². The quantitative estimate of drug-likeness (QED) is 0.685. The Kier molecular flexibility index (Phi) is 5.57. The maximum atomic E-state index is 11.2. The van der Waals surface area contributed by atoms with E-state index in [-0.39, 0.29) is 5.12 Å². The van der Waals surface area contributed by atoms with Gasteiger partial charge in [0.15, 0.2) is 5.12 Å². The monoisotopic (exact) mass is 231 g/mol. The number of hydrogen-bond acceptors (Lipinski definition) is 4. The highest BCUT2D eigenvalue weighted by Gasteiger charge is 2.15. The molecular weight excluding hydrogens is 214 g/mol. The van der Waals surface area contributed by atoms with E-state index in [1.54, 1.807) is 27.7 Å². The van der Waals surface area contributed by atoms with Gasteiger partial charge in [0, 0.05) is 18.4 Å². The molecule has 0 N–H and O–H groups in total. The standard InChI is InChI=1S/C10H17NO3S/c1-7(6-15-8(2)12)11-9(13)14-10(3,4)5/h6H2,1-5H3. The molecule has 0 unspecified atom stereocenters. The molecular formula is C10H17NO3S. The van der Waals surface area contributed by atoms with Gasteiger partial charge in [-0.1, -0.05) is 11.8 Å². The van der Waals surface area contributed by atoms with Crippen molar-refractivity contribution in [1.29, 1.82) is 0 Å². The minimum absolute atomic E-state index is 0.00809. The Balaban J connectivity index is 4.12. The first-order valence-corrected chi connectivity index (χ1v) is 5.60. The summed E-state index contributed by atoms with van der Waals surface area (Å²) in [5.74, 6) is 0.425. The molecule has 5 heteroatoms. The molecule has 15 heavy (non-hydrogen) atoms. The molecule has 0 atom stereocenters. The third kappa shape index (κ3) is 9.46. The molecule has 0 rings (SSSR count). The lowest BCUT2D eigenvalue weighted by Crippen LogP contribution is -2.22. The molecule has 0 bridgehead atoms. The van der Waals surface area contributed by atoms with E-state index in [2.05, 4.69) is 4.99 Å². The molecule has 0 aliphatic carbocycles. The van der Waals surface area contributed by atoms with Crippen LogP contribution in [-0.2, 0) is 9.53 Å². The van der Waals surface area contributed by atoms with Crippen LogP contribution in [0.2, 0.25) is 0 Å². The fourth-order valence-electron chi connectivity index (χ4n) is 0.679. The van der Waals surface area contributed by atoms with Crippen LogP contribution in [0.15, 0.2) is 4.99 Å². The minimum Gasteiger partial charge on any atom is -0.442 e. The third-order valence-electron chi connectivity index (χ3n) is 1.16. The predicted octanol–water partition coefficient (Wildman–Crippen LogP) is 2.66. The molecule has 0 aliphatic heterocycles. The van der Waals surface area contributed by atoms with E-state index in [0.29, 0.717) is 11.5 Å². The molecule has 0 heterocycles. The highest BCUT2D eigenvalue weighted by molar-refractivity contribution is 8.14. The zero-order chi connectivity index (χ0) is 12.1. The molecule has 0 aromatic carbocycles. The Morgan fingerprint density at radius 1 is 1.27 bits per heavy atom. The van der Waals surface area contributed by atoms with Crippen molar-refractivity contribution in [3.8, 4) is 0 Å². The normalized spacial score (nSPS) is 12.5. The van der Waals surface area contributed by atoms with Gasteiger partial charge < -0.3 is 4.74 Å². The van der Waals surface area contributed by atoms with Gasteiger partial charge in [0.05, 0.1) is 0 Å². The lowest BCUT2D eigenvalue weighted by atomic mass is 10.2. The zero-order valence-corrected chi connectivity index (χ0v) is 10.6. The number of rotatable bonds is 2. The molecule has 0 aromatic heterocycles. The maximum absolute atomic E-state index is 11.2. The van der Waals surface area contributed by atoms with Gasteiger partial charge in [-0.2, -0.15) is 4.99 Å². The predicted molar refractivity (Wildman–Crippen MR) is 62.5 cm³/mol. The van der Waals surface area contributed by atoms with Crippen molar-refractivity contribution in [2.24, 2.45) is 4.99 Å². The van der Waals surface area contributed by atoms with Crippen molar-refractivity contribution in [3.63, 3.8) is 0 Å². The van der Waals surface area contributed by atoms with Gasteiger partial charge >= 0.3 is 6.09 Å². The van der Waals surface area contributed by atoms with Crippen LogP contribution >= 0.6 is 11.8 Å². The minimum atomic E-state index is -0.607. The van der Waals surface area contributed by atoms with Crippen LogP contribution in [0.3, 0.4) is 0 Å².